The van der Waals surface area contributed by atoms with E-state index in [0.717, 1.165) is 12.5 Å². The van der Waals surface area contributed by atoms with Crippen molar-refractivity contribution in [2.45, 2.75) is 36.8 Å². The van der Waals surface area contributed by atoms with Crippen molar-refractivity contribution in [3.63, 3.8) is 0 Å². The summed E-state index contributed by atoms with van der Waals surface area (Å²) in [6.07, 6.45) is 1.40. The Balaban J connectivity index is 3.06. The van der Waals surface area contributed by atoms with Crippen LogP contribution in [0.15, 0.2) is 29.2 Å². The van der Waals surface area contributed by atoms with Gasteiger partial charge in [0.05, 0.1) is 10.1 Å². The maximum Gasteiger partial charge on any atom is 0.181 e. The lowest BCUT2D eigenvalue weighted by atomic mass is 10.3. The third-order valence-electron chi connectivity index (χ3n) is 2.35. The first-order chi connectivity index (χ1) is 6.98. The molecule has 0 saturated heterocycles. The van der Waals surface area contributed by atoms with Crippen molar-refractivity contribution >= 4 is 9.84 Å². The van der Waals surface area contributed by atoms with E-state index in [4.69, 9.17) is 0 Å². The first-order valence-electron chi connectivity index (χ1n) is 4.98. The van der Waals surface area contributed by atoms with Gasteiger partial charge in [0.1, 0.15) is 5.82 Å². The van der Waals surface area contributed by atoms with Crippen LogP contribution in [0.25, 0.3) is 0 Å². The van der Waals surface area contributed by atoms with Gasteiger partial charge in [-0.25, -0.2) is 12.8 Å². The highest BCUT2D eigenvalue weighted by molar-refractivity contribution is 7.92. The molecular weight excluding hydrogens is 215 g/mol. The summed E-state index contributed by atoms with van der Waals surface area (Å²) in [6.45, 7) is 3.58. The van der Waals surface area contributed by atoms with Gasteiger partial charge in [0.25, 0.3) is 0 Å². The van der Waals surface area contributed by atoms with E-state index in [0.29, 0.717) is 6.42 Å². The highest BCUT2D eigenvalue weighted by atomic mass is 32.2. The summed E-state index contributed by atoms with van der Waals surface area (Å²) in [5, 5.41) is -0.454. The second-order valence-electron chi connectivity index (χ2n) is 3.60. The summed E-state index contributed by atoms with van der Waals surface area (Å²) in [7, 11) is -3.36. The first-order valence-corrected chi connectivity index (χ1v) is 6.52. The third-order valence-corrected chi connectivity index (χ3v) is 4.56. The van der Waals surface area contributed by atoms with E-state index in [-0.39, 0.29) is 4.90 Å². The summed E-state index contributed by atoms with van der Waals surface area (Å²) in [4.78, 5) is 0.0726. The number of halogens is 1. The van der Waals surface area contributed by atoms with Crippen LogP contribution in [0.5, 0.6) is 0 Å². The van der Waals surface area contributed by atoms with Gasteiger partial charge in [-0.1, -0.05) is 19.4 Å². The minimum atomic E-state index is -3.36. The van der Waals surface area contributed by atoms with Crippen molar-refractivity contribution in [3.8, 4) is 0 Å². The molecule has 15 heavy (non-hydrogen) atoms. The normalized spacial score (nSPS) is 13.8. The summed E-state index contributed by atoms with van der Waals surface area (Å²) < 4.78 is 36.7. The van der Waals surface area contributed by atoms with Gasteiger partial charge in [0.15, 0.2) is 9.84 Å². The smallest absolute Gasteiger partial charge is 0.181 e. The Morgan fingerprint density at radius 2 is 2.07 bits per heavy atom. The standard InChI is InChI=1S/C11H15FO2S/c1-3-5-9(2)15(13,14)11-7-4-6-10(12)8-11/h4,6-9H,3,5H2,1-2H3. The lowest BCUT2D eigenvalue weighted by Gasteiger charge is -2.11. The van der Waals surface area contributed by atoms with E-state index in [9.17, 15) is 12.8 Å². The molecule has 0 aliphatic carbocycles. The molecule has 0 fully saturated rings. The molecule has 2 nitrogen and oxygen atoms in total. The number of rotatable bonds is 4. The third kappa shape index (κ3) is 2.78. The van der Waals surface area contributed by atoms with Gasteiger partial charge < -0.3 is 0 Å². The summed E-state index contributed by atoms with van der Waals surface area (Å²) in [5.41, 5.74) is 0. The Hall–Kier alpha value is -0.900. The lowest BCUT2D eigenvalue weighted by molar-refractivity contribution is 0.572. The molecule has 1 unspecified atom stereocenters. The van der Waals surface area contributed by atoms with Crippen molar-refractivity contribution in [1.82, 2.24) is 0 Å². The lowest BCUT2D eigenvalue weighted by Crippen LogP contribution is -2.17. The Morgan fingerprint density at radius 3 is 2.60 bits per heavy atom. The predicted octanol–water partition coefficient (Wildman–Crippen LogP) is 2.79. The molecule has 84 valence electrons. The van der Waals surface area contributed by atoms with Gasteiger partial charge in [0.2, 0.25) is 0 Å². The molecule has 0 aliphatic heterocycles. The SMILES string of the molecule is CCCC(C)S(=O)(=O)c1cccc(F)c1. The van der Waals surface area contributed by atoms with Crippen LogP contribution in [0.4, 0.5) is 4.39 Å². The Bertz CT molecular complexity index is 426. The second kappa shape index (κ2) is 4.75. The van der Waals surface area contributed by atoms with Crippen LogP contribution in [0.1, 0.15) is 26.7 Å². The molecular formula is C11H15FO2S. The average molecular weight is 230 g/mol. The van der Waals surface area contributed by atoms with Crippen molar-refractivity contribution in [2.24, 2.45) is 0 Å². The molecule has 0 amide bonds. The quantitative estimate of drug-likeness (QED) is 0.797. The van der Waals surface area contributed by atoms with Gasteiger partial charge in [0, 0.05) is 0 Å². The number of hydrogen-bond acceptors (Lipinski definition) is 2. The fourth-order valence-electron chi connectivity index (χ4n) is 1.44. The van der Waals surface area contributed by atoms with Crippen molar-refractivity contribution in [2.75, 3.05) is 0 Å². The van der Waals surface area contributed by atoms with Gasteiger partial charge in [-0.2, -0.15) is 0 Å². The second-order valence-corrected chi connectivity index (χ2v) is 5.97. The zero-order valence-electron chi connectivity index (χ0n) is 8.90. The van der Waals surface area contributed by atoms with Crippen molar-refractivity contribution < 1.29 is 12.8 Å². The highest BCUT2D eigenvalue weighted by Gasteiger charge is 2.22. The molecule has 0 heterocycles. The first kappa shape index (κ1) is 12.2. The summed E-state index contributed by atoms with van der Waals surface area (Å²) in [6, 6.07) is 5.16. The fourth-order valence-corrected chi connectivity index (χ4v) is 2.99. The molecule has 0 aliphatic rings. The molecule has 1 atom stereocenters. The molecule has 4 heteroatoms. The molecule has 0 spiro atoms. The van der Waals surface area contributed by atoms with Crippen LogP contribution < -0.4 is 0 Å². The molecule has 0 saturated carbocycles. The Labute approximate surface area is 90.0 Å². The Kier molecular flexibility index (Phi) is 3.85. The molecule has 0 aromatic heterocycles. The van der Waals surface area contributed by atoms with E-state index < -0.39 is 20.9 Å². The maximum absolute atomic E-state index is 12.9. The minimum Gasteiger partial charge on any atom is -0.223 e. The fraction of sp³-hybridized carbons (Fsp3) is 0.455. The van der Waals surface area contributed by atoms with Crippen LogP contribution in [0.3, 0.4) is 0 Å². The average Bonchev–Trinajstić information content (AvgIpc) is 2.18. The van der Waals surface area contributed by atoms with E-state index in [1.165, 1.54) is 18.2 Å². The van der Waals surface area contributed by atoms with Crippen LogP contribution in [-0.2, 0) is 9.84 Å². The van der Waals surface area contributed by atoms with E-state index >= 15 is 0 Å². The number of sulfone groups is 1. The van der Waals surface area contributed by atoms with Gasteiger partial charge in [-0.15, -0.1) is 0 Å². The van der Waals surface area contributed by atoms with Crippen LogP contribution in [-0.4, -0.2) is 13.7 Å². The molecule has 0 bridgehead atoms. The van der Waals surface area contributed by atoms with E-state index in [1.807, 2.05) is 6.92 Å². The molecule has 1 rings (SSSR count). The van der Waals surface area contributed by atoms with Gasteiger partial charge in [-0.3, -0.25) is 0 Å². The molecule has 0 N–H and O–H groups in total. The number of benzene rings is 1. The van der Waals surface area contributed by atoms with Crippen LogP contribution in [0, 0.1) is 5.82 Å². The van der Waals surface area contributed by atoms with E-state index in [1.54, 1.807) is 6.92 Å². The van der Waals surface area contributed by atoms with E-state index in [2.05, 4.69) is 0 Å². The van der Waals surface area contributed by atoms with Crippen molar-refractivity contribution in [3.05, 3.63) is 30.1 Å². The van der Waals surface area contributed by atoms with Crippen molar-refractivity contribution in [1.29, 1.82) is 0 Å². The monoisotopic (exact) mass is 230 g/mol. The maximum atomic E-state index is 12.9. The zero-order valence-corrected chi connectivity index (χ0v) is 9.72. The van der Waals surface area contributed by atoms with Crippen LogP contribution >= 0.6 is 0 Å². The number of hydrogen-bond donors (Lipinski definition) is 0. The largest absolute Gasteiger partial charge is 0.223 e. The minimum absolute atomic E-state index is 0.0726. The highest BCUT2D eigenvalue weighted by Crippen LogP contribution is 2.19. The van der Waals surface area contributed by atoms with Gasteiger partial charge >= 0.3 is 0 Å². The van der Waals surface area contributed by atoms with Gasteiger partial charge in [-0.05, 0) is 31.5 Å². The molecule has 1 aromatic carbocycles. The zero-order chi connectivity index (χ0) is 11.5. The summed E-state index contributed by atoms with van der Waals surface area (Å²) in [5.74, 6) is -0.514. The Morgan fingerprint density at radius 1 is 1.40 bits per heavy atom. The topological polar surface area (TPSA) is 34.1 Å². The summed E-state index contributed by atoms with van der Waals surface area (Å²) >= 11 is 0. The van der Waals surface area contributed by atoms with Crippen LogP contribution in [0.2, 0.25) is 0 Å². The molecule has 0 radical (unpaired) electrons. The predicted molar refractivity (Wildman–Crippen MR) is 58.0 cm³/mol. The molecule has 1 aromatic rings.